The van der Waals surface area contributed by atoms with E-state index < -0.39 is 5.97 Å². The predicted octanol–water partition coefficient (Wildman–Crippen LogP) is 3.53. The van der Waals surface area contributed by atoms with E-state index in [9.17, 15) is 9.59 Å². The van der Waals surface area contributed by atoms with Gasteiger partial charge in [-0.3, -0.25) is 9.59 Å². The highest BCUT2D eigenvalue weighted by Gasteiger charge is 2.10. The van der Waals surface area contributed by atoms with Gasteiger partial charge in [0.05, 0.1) is 11.3 Å². The molecule has 0 unspecified atom stereocenters. The number of aliphatic carboxylic acids is 1. The summed E-state index contributed by atoms with van der Waals surface area (Å²) in [5.41, 5.74) is 0. The third-order valence-electron chi connectivity index (χ3n) is 2.53. The average molecular weight is 254 g/mol. The first-order valence-electron chi connectivity index (χ1n) is 5.97. The molecule has 0 spiro atoms. The molecule has 3 nitrogen and oxygen atoms in total. The van der Waals surface area contributed by atoms with Crippen molar-refractivity contribution >= 4 is 23.1 Å². The predicted molar refractivity (Wildman–Crippen MR) is 68.7 cm³/mol. The van der Waals surface area contributed by atoms with E-state index in [1.807, 2.05) is 12.1 Å². The summed E-state index contributed by atoms with van der Waals surface area (Å²) in [4.78, 5) is 23.9. The van der Waals surface area contributed by atoms with Crippen molar-refractivity contribution in [3.8, 4) is 0 Å². The fraction of sp³-hybridized carbons (Fsp3) is 0.538. The number of unbranched alkanes of at least 4 members (excludes halogenated alkanes) is 2. The Morgan fingerprint density at radius 3 is 2.65 bits per heavy atom. The Bertz CT molecular complexity index is 382. The maximum atomic E-state index is 11.6. The lowest BCUT2D eigenvalue weighted by Gasteiger charge is -1.96. The van der Waals surface area contributed by atoms with E-state index in [0.29, 0.717) is 4.88 Å². The van der Waals surface area contributed by atoms with Gasteiger partial charge in [0, 0.05) is 11.3 Å². The van der Waals surface area contributed by atoms with Crippen LogP contribution in [0.25, 0.3) is 0 Å². The molecule has 4 heteroatoms. The third kappa shape index (κ3) is 5.13. The molecule has 0 aliphatic rings. The van der Waals surface area contributed by atoms with Crippen molar-refractivity contribution in [1.82, 2.24) is 0 Å². The average Bonchev–Trinajstić information content (AvgIpc) is 2.75. The first kappa shape index (κ1) is 13.9. The van der Waals surface area contributed by atoms with Gasteiger partial charge in [-0.05, 0) is 25.0 Å². The van der Waals surface area contributed by atoms with E-state index in [-0.39, 0.29) is 18.6 Å². The topological polar surface area (TPSA) is 54.4 Å². The standard InChI is InChI=1S/C13H18O3S/c1-2-3-4-5-10-6-8-12(17-10)11(14)7-9-13(15)16/h6,8H,2-5,7,9H2,1H3,(H,15,16). The van der Waals surface area contributed by atoms with Gasteiger partial charge in [0.25, 0.3) is 0 Å². The molecule has 1 rings (SSSR count). The summed E-state index contributed by atoms with van der Waals surface area (Å²) in [6, 6.07) is 3.80. The number of Topliss-reactive ketones (excluding diaryl/α,β-unsaturated/α-hetero) is 1. The minimum Gasteiger partial charge on any atom is -0.481 e. The van der Waals surface area contributed by atoms with Gasteiger partial charge in [-0.2, -0.15) is 0 Å². The van der Waals surface area contributed by atoms with Crippen molar-refractivity contribution < 1.29 is 14.7 Å². The van der Waals surface area contributed by atoms with Crippen LogP contribution in [0.1, 0.15) is 53.6 Å². The van der Waals surface area contributed by atoms with Gasteiger partial charge in [-0.1, -0.05) is 19.8 Å². The van der Waals surface area contributed by atoms with Crippen molar-refractivity contribution in [3.63, 3.8) is 0 Å². The number of hydrogen-bond acceptors (Lipinski definition) is 3. The third-order valence-corrected chi connectivity index (χ3v) is 3.72. The van der Waals surface area contributed by atoms with Crippen LogP contribution in [0.4, 0.5) is 0 Å². The lowest BCUT2D eigenvalue weighted by atomic mass is 10.2. The second-order valence-corrected chi connectivity index (χ2v) is 5.21. The highest BCUT2D eigenvalue weighted by Crippen LogP contribution is 2.20. The number of rotatable bonds is 8. The molecule has 0 amide bonds. The summed E-state index contributed by atoms with van der Waals surface area (Å²) in [5, 5.41) is 8.51. The van der Waals surface area contributed by atoms with E-state index in [0.717, 1.165) is 12.8 Å². The summed E-state index contributed by atoms with van der Waals surface area (Å²) < 4.78 is 0. The number of aryl methyl sites for hydroxylation is 1. The maximum absolute atomic E-state index is 11.6. The van der Waals surface area contributed by atoms with Crippen LogP contribution in [0.5, 0.6) is 0 Å². The molecule has 94 valence electrons. The first-order valence-corrected chi connectivity index (χ1v) is 6.79. The Morgan fingerprint density at radius 2 is 2.00 bits per heavy atom. The SMILES string of the molecule is CCCCCc1ccc(C(=O)CCC(=O)O)s1. The van der Waals surface area contributed by atoms with Crippen LogP contribution in [-0.2, 0) is 11.2 Å². The highest BCUT2D eigenvalue weighted by molar-refractivity contribution is 7.14. The van der Waals surface area contributed by atoms with Gasteiger partial charge in [-0.15, -0.1) is 11.3 Å². The second kappa shape index (κ2) is 7.22. The maximum Gasteiger partial charge on any atom is 0.303 e. The summed E-state index contributed by atoms with van der Waals surface area (Å²) in [6.45, 7) is 2.16. The van der Waals surface area contributed by atoms with Gasteiger partial charge < -0.3 is 5.11 Å². The van der Waals surface area contributed by atoms with Crippen molar-refractivity contribution in [3.05, 3.63) is 21.9 Å². The van der Waals surface area contributed by atoms with E-state index >= 15 is 0 Å². The Kier molecular flexibility index (Phi) is 5.91. The number of thiophene rings is 1. The minimum absolute atomic E-state index is 0.0564. The molecule has 0 aliphatic heterocycles. The lowest BCUT2D eigenvalue weighted by Crippen LogP contribution is -2.01. The molecule has 0 saturated heterocycles. The molecule has 0 atom stereocenters. The van der Waals surface area contributed by atoms with Gasteiger partial charge >= 0.3 is 5.97 Å². The molecule has 1 heterocycles. The number of carboxylic acid groups (broad SMARTS) is 1. The van der Waals surface area contributed by atoms with Crippen LogP contribution in [-0.4, -0.2) is 16.9 Å². The monoisotopic (exact) mass is 254 g/mol. The number of carbonyl (C=O) groups is 2. The number of hydrogen-bond donors (Lipinski definition) is 1. The Labute approximate surface area is 105 Å². The second-order valence-electron chi connectivity index (χ2n) is 4.04. The normalized spacial score (nSPS) is 10.4. The number of ketones is 1. The Hall–Kier alpha value is -1.16. The largest absolute Gasteiger partial charge is 0.481 e. The molecule has 0 saturated carbocycles. The molecule has 1 aromatic rings. The molecule has 0 bridgehead atoms. The molecule has 17 heavy (non-hydrogen) atoms. The fourth-order valence-corrected chi connectivity index (χ4v) is 2.57. The molecular formula is C13H18O3S. The summed E-state index contributed by atoms with van der Waals surface area (Å²) in [5.74, 6) is -0.975. The molecule has 1 aromatic heterocycles. The zero-order valence-corrected chi connectivity index (χ0v) is 10.9. The smallest absolute Gasteiger partial charge is 0.303 e. The van der Waals surface area contributed by atoms with E-state index in [2.05, 4.69) is 6.92 Å². The van der Waals surface area contributed by atoms with Crippen molar-refractivity contribution in [2.45, 2.75) is 45.4 Å². The molecule has 1 N–H and O–H groups in total. The van der Waals surface area contributed by atoms with Crippen LogP contribution in [0, 0.1) is 0 Å². The van der Waals surface area contributed by atoms with Crippen molar-refractivity contribution in [2.75, 3.05) is 0 Å². The first-order chi connectivity index (χ1) is 8.13. The minimum atomic E-state index is -0.918. The Balaban J connectivity index is 2.43. The van der Waals surface area contributed by atoms with E-state index in [1.165, 1.54) is 29.1 Å². The van der Waals surface area contributed by atoms with Crippen LogP contribution >= 0.6 is 11.3 Å². The van der Waals surface area contributed by atoms with Crippen LogP contribution in [0.2, 0.25) is 0 Å². The molecule has 0 fully saturated rings. The van der Waals surface area contributed by atoms with Gasteiger partial charge in [0.2, 0.25) is 0 Å². The molecule has 0 aromatic carbocycles. The van der Waals surface area contributed by atoms with E-state index in [1.54, 1.807) is 0 Å². The fourth-order valence-electron chi connectivity index (χ4n) is 1.56. The quantitative estimate of drug-likeness (QED) is 0.570. The summed E-state index contributed by atoms with van der Waals surface area (Å²) in [6.07, 6.45) is 4.59. The van der Waals surface area contributed by atoms with Crippen molar-refractivity contribution in [2.24, 2.45) is 0 Å². The van der Waals surface area contributed by atoms with E-state index in [4.69, 9.17) is 5.11 Å². The summed E-state index contributed by atoms with van der Waals surface area (Å²) in [7, 11) is 0. The lowest BCUT2D eigenvalue weighted by molar-refractivity contribution is -0.136. The van der Waals surface area contributed by atoms with Gasteiger partial charge in [0.1, 0.15) is 0 Å². The number of carboxylic acids is 1. The van der Waals surface area contributed by atoms with Gasteiger partial charge in [-0.25, -0.2) is 0 Å². The highest BCUT2D eigenvalue weighted by atomic mass is 32.1. The van der Waals surface area contributed by atoms with Gasteiger partial charge in [0.15, 0.2) is 5.78 Å². The zero-order valence-electron chi connectivity index (χ0n) is 10.1. The van der Waals surface area contributed by atoms with Crippen LogP contribution in [0.3, 0.4) is 0 Å². The van der Waals surface area contributed by atoms with Crippen LogP contribution < -0.4 is 0 Å². The summed E-state index contributed by atoms with van der Waals surface area (Å²) >= 11 is 1.50. The Morgan fingerprint density at radius 1 is 1.24 bits per heavy atom. The molecule has 0 radical (unpaired) electrons. The molecular weight excluding hydrogens is 236 g/mol. The zero-order chi connectivity index (χ0) is 12.7. The molecule has 0 aliphatic carbocycles. The van der Waals surface area contributed by atoms with Crippen molar-refractivity contribution in [1.29, 1.82) is 0 Å². The van der Waals surface area contributed by atoms with Crippen LogP contribution in [0.15, 0.2) is 12.1 Å². The number of carbonyl (C=O) groups excluding carboxylic acids is 1.